The molecule has 15 heavy (non-hydrogen) atoms. The molecule has 1 N–H and O–H groups in total. The second-order valence-corrected chi connectivity index (χ2v) is 5.12. The van der Waals surface area contributed by atoms with Gasteiger partial charge in [-0.3, -0.25) is 0 Å². The van der Waals surface area contributed by atoms with Crippen molar-refractivity contribution in [1.82, 2.24) is 5.32 Å². The third-order valence-corrected chi connectivity index (χ3v) is 3.96. The van der Waals surface area contributed by atoms with Gasteiger partial charge in [0, 0.05) is 4.90 Å². The number of hydrogen-bond acceptors (Lipinski definition) is 2. The van der Waals surface area contributed by atoms with E-state index < -0.39 is 0 Å². The van der Waals surface area contributed by atoms with Crippen LogP contribution in [0.5, 0.6) is 0 Å². The second-order valence-electron chi connectivity index (χ2n) is 4.27. The number of rotatable bonds is 2. The molecule has 0 radical (unpaired) electrons. The van der Waals surface area contributed by atoms with E-state index in [1.165, 1.54) is 36.4 Å². The van der Waals surface area contributed by atoms with Crippen LogP contribution < -0.4 is 5.32 Å². The first-order valence-corrected chi connectivity index (χ1v) is 6.89. The fraction of sp³-hybridized carbons (Fsp3) is 0.538. The Hall–Kier alpha value is -0.470. The molecule has 0 unspecified atom stereocenters. The predicted octanol–water partition coefficient (Wildman–Crippen LogP) is 3.18. The second kappa shape index (κ2) is 5.04. The van der Waals surface area contributed by atoms with Crippen LogP contribution in [0, 0.1) is 6.92 Å². The van der Waals surface area contributed by atoms with E-state index in [4.69, 9.17) is 0 Å². The van der Waals surface area contributed by atoms with E-state index in [2.05, 4.69) is 36.7 Å². The van der Waals surface area contributed by atoms with Crippen LogP contribution in [0.25, 0.3) is 0 Å². The van der Waals surface area contributed by atoms with E-state index in [9.17, 15) is 0 Å². The highest BCUT2D eigenvalue weighted by atomic mass is 32.2. The molecule has 0 amide bonds. The van der Waals surface area contributed by atoms with Crippen LogP contribution in [0.15, 0.2) is 23.1 Å². The molecule has 0 atom stereocenters. The lowest BCUT2D eigenvalue weighted by Crippen LogP contribution is -2.26. The summed E-state index contributed by atoms with van der Waals surface area (Å²) in [6.45, 7) is 4.52. The average molecular weight is 221 g/mol. The molecule has 2 heteroatoms. The molecule has 1 fully saturated rings. The molecule has 0 bridgehead atoms. The monoisotopic (exact) mass is 221 g/mol. The summed E-state index contributed by atoms with van der Waals surface area (Å²) in [5.74, 6) is 0.772. The van der Waals surface area contributed by atoms with Gasteiger partial charge in [-0.2, -0.15) is 0 Å². The van der Waals surface area contributed by atoms with Crippen molar-refractivity contribution >= 4 is 11.8 Å². The standard InChI is InChI=1S/C13H19NS/c1-10-3-4-12(13(9-10)15-2)11-5-7-14-8-6-11/h3-4,9,11,14H,5-8H2,1-2H3. The van der Waals surface area contributed by atoms with Crippen molar-refractivity contribution in [2.75, 3.05) is 19.3 Å². The Bertz CT molecular complexity index is 329. The first-order valence-electron chi connectivity index (χ1n) is 5.66. The van der Waals surface area contributed by atoms with Gasteiger partial charge in [-0.05, 0) is 56.7 Å². The van der Waals surface area contributed by atoms with Gasteiger partial charge in [-0.1, -0.05) is 17.7 Å². The summed E-state index contributed by atoms with van der Waals surface area (Å²) in [7, 11) is 0. The maximum absolute atomic E-state index is 3.43. The Kier molecular flexibility index (Phi) is 3.71. The molecule has 0 spiro atoms. The van der Waals surface area contributed by atoms with Gasteiger partial charge in [0.15, 0.2) is 0 Å². The smallest absolute Gasteiger partial charge is 0.0107 e. The molecule has 0 saturated carbocycles. The van der Waals surface area contributed by atoms with Crippen molar-refractivity contribution in [2.24, 2.45) is 0 Å². The lowest BCUT2D eigenvalue weighted by Gasteiger charge is -2.24. The summed E-state index contributed by atoms with van der Waals surface area (Å²) in [5.41, 5.74) is 2.94. The first-order chi connectivity index (χ1) is 7.31. The maximum Gasteiger partial charge on any atom is 0.0107 e. The number of piperidine rings is 1. The SMILES string of the molecule is CSc1cc(C)ccc1C1CCNCC1. The van der Waals surface area contributed by atoms with Gasteiger partial charge >= 0.3 is 0 Å². The van der Waals surface area contributed by atoms with Crippen LogP contribution in [-0.4, -0.2) is 19.3 Å². The fourth-order valence-electron chi connectivity index (χ4n) is 2.29. The number of aryl methyl sites for hydroxylation is 1. The minimum Gasteiger partial charge on any atom is -0.317 e. The summed E-state index contributed by atoms with van der Waals surface area (Å²) in [6.07, 6.45) is 4.76. The third kappa shape index (κ3) is 2.56. The van der Waals surface area contributed by atoms with Gasteiger partial charge in [-0.25, -0.2) is 0 Å². The lowest BCUT2D eigenvalue weighted by atomic mass is 9.90. The van der Waals surface area contributed by atoms with Gasteiger partial charge < -0.3 is 5.32 Å². The molecule has 82 valence electrons. The summed E-state index contributed by atoms with van der Waals surface area (Å²) in [4.78, 5) is 1.47. The van der Waals surface area contributed by atoms with E-state index in [1.54, 1.807) is 5.56 Å². The van der Waals surface area contributed by atoms with E-state index in [1.807, 2.05) is 11.8 Å². The van der Waals surface area contributed by atoms with Crippen molar-refractivity contribution in [3.8, 4) is 0 Å². The average Bonchev–Trinajstić information content (AvgIpc) is 2.30. The molecule has 1 aromatic carbocycles. The van der Waals surface area contributed by atoms with Crippen LogP contribution in [0.2, 0.25) is 0 Å². The Balaban J connectivity index is 2.25. The van der Waals surface area contributed by atoms with Gasteiger partial charge in [0.25, 0.3) is 0 Å². The highest BCUT2D eigenvalue weighted by Crippen LogP contribution is 2.33. The number of thioether (sulfide) groups is 1. The Labute approximate surface area is 96.7 Å². The van der Waals surface area contributed by atoms with E-state index in [-0.39, 0.29) is 0 Å². The van der Waals surface area contributed by atoms with Gasteiger partial charge in [0.1, 0.15) is 0 Å². The third-order valence-electron chi connectivity index (χ3n) is 3.17. The van der Waals surface area contributed by atoms with Crippen LogP contribution in [0.3, 0.4) is 0 Å². The molecule has 2 rings (SSSR count). The molecule has 1 aromatic rings. The van der Waals surface area contributed by atoms with Crippen molar-refractivity contribution in [3.63, 3.8) is 0 Å². The highest BCUT2D eigenvalue weighted by molar-refractivity contribution is 7.98. The quantitative estimate of drug-likeness (QED) is 0.770. The van der Waals surface area contributed by atoms with Crippen molar-refractivity contribution in [1.29, 1.82) is 0 Å². The zero-order valence-corrected chi connectivity index (χ0v) is 10.4. The van der Waals surface area contributed by atoms with E-state index in [0.717, 1.165) is 5.92 Å². The molecule has 0 aromatic heterocycles. The largest absolute Gasteiger partial charge is 0.317 e. The fourth-order valence-corrected chi connectivity index (χ4v) is 3.06. The molecular formula is C13H19NS. The molecule has 1 nitrogen and oxygen atoms in total. The summed E-state index contributed by atoms with van der Waals surface area (Å²) in [5, 5.41) is 3.43. The minimum atomic E-state index is 0.772. The zero-order valence-electron chi connectivity index (χ0n) is 9.55. The van der Waals surface area contributed by atoms with Crippen LogP contribution in [0.1, 0.15) is 29.9 Å². The minimum absolute atomic E-state index is 0.772. The van der Waals surface area contributed by atoms with Crippen molar-refractivity contribution in [2.45, 2.75) is 30.6 Å². The number of benzene rings is 1. The van der Waals surface area contributed by atoms with E-state index in [0.29, 0.717) is 0 Å². The molecule has 1 heterocycles. The predicted molar refractivity (Wildman–Crippen MR) is 67.8 cm³/mol. The molecule has 1 saturated heterocycles. The molecule has 0 aliphatic carbocycles. The van der Waals surface area contributed by atoms with Gasteiger partial charge in [0.05, 0.1) is 0 Å². The summed E-state index contributed by atoms with van der Waals surface area (Å²) >= 11 is 1.88. The normalized spacial score (nSPS) is 18.0. The number of hydrogen-bond donors (Lipinski definition) is 1. The topological polar surface area (TPSA) is 12.0 Å². The maximum atomic E-state index is 3.43. The summed E-state index contributed by atoms with van der Waals surface area (Å²) in [6, 6.07) is 6.90. The Morgan fingerprint density at radius 2 is 2.00 bits per heavy atom. The van der Waals surface area contributed by atoms with Crippen molar-refractivity contribution < 1.29 is 0 Å². The molecule has 1 aliphatic rings. The zero-order chi connectivity index (χ0) is 10.7. The lowest BCUT2D eigenvalue weighted by molar-refractivity contribution is 0.456. The van der Waals surface area contributed by atoms with Crippen LogP contribution in [-0.2, 0) is 0 Å². The molecular weight excluding hydrogens is 202 g/mol. The van der Waals surface area contributed by atoms with Crippen molar-refractivity contribution in [3.05, 3.63) is 29.3 Å². The van der Waals surface area contributed by atoms with Gasteiger partial charge in [0.2, 0.25) is 0 Å². The van der Waals surface area contributed by atoms with E-state index >= 15 is 0 Å². The number of nitrogens with one attached hydrogen (secondary N) is 1. The Morgan fingerprint density at radius 1 is 1.27 bits per heavy atom. The highest BCUT2D eigenvalue weighted by Gasteiger charge is 2.17. The van der Waals surface area contributed by atoms with Crippen LogP contribution >= 0.6 is 11.8 Å². The summed E-state index contributed by atoms with van der Waals surface area (Å²) < 4.78 is 0. The first kappa shape index (κ1) is 11.0. The van der Waals surface area contributed by atoms with Crippen LogP contribution in [0.4, 0.5) is 0 Å². The Morgan fingerprint density at radius 3 is 2.67 bits per heavy atom. The molecule has 1 aliphatic heterocycles. The van der Waals surface area contributed by atoms with Gasteiger partial charge in [-0.15, -0.1) is 11.8 Å².